The largest absolute Gasteiger partial charge is 0.306 e. The van der Waals surface area contributed by atoms with E-state index < -0.39 is 0 Å². The van der Waals surface area contributed by atoms with Gasteiger partial charge in [-0.05, 0) is 17.4 Å². The van der Waals surface area contributed by atoms with Crippen LogP contribution in [0.25, 0.3) is 22.8 Å². The van der Waals surface area contributed by atoms with Crippen LogP contribution in [0.5, 0.6) is 0 Å². The summed E-state index contributed by atoms with van der Waals surface area (Å²) in [4.78, 5) is 18.5. The van der Waals surface area contributed by atoms with Crippen LogP contribution < -0.4 is 5.56 Å². The zero-order valence-corrected chi connectivity index (χ0v) is 10.1. The van der Waals surface area contributed by atoms with E-state index in [4.69, 9.17) is 0 Å². The number of hydrogen-bond acceptors (Lipinski definition) is 5. The van der Waals surface area contributed by atoms with Crippen LogP contribution in [0.1, 0.15) is 5.56 Å². The van der Waals surface area contributed by atoms with Crippen molar-refractivity contribution in [3.63, 3.8) is 0 Å². The third-order valence-corrected chi connectivity index (χ3v) is 2.75. The van der Waals surface area contributed by atoms with E-state index in [0.29, 0.717) is 17.2 Å². The van der Waals surface area contributed by atoms with Gasteiger partial charge in [-0.2, -0.15) is 0 Å². The minimum absolute atomic E-state index is 0.131. The Hall–Kier alpha value is -2.83. The molecule has 0 atom stereocenters. The van der Waals surface area contributed by atoms with Crippen molar-refractivity contribution >= 4 is 0 Å². The Morgan fingerprint density at radius 1 is 1.05 bits per heavy atom. The van der Waals surface area contributed by atoms with Crippen molar-refractivity contribution in [2.45, 2.75) is 6.92 Å². The minimum Gasteiger partial charge on any atom is -0.306 e. The number of aryl methyl sites for hydroxylation is 1. The summed E-state index contributed by atoms with van der Waals surface area (Å²) in [7, 11) is 0. The zero-order valence-electron chi connectivity index (χ0n) is 10.1. The molecule has 3 rings (SSSR count). The monoisotopic (exact) mass is 254 g/mol. The Kier molecular flexibility index (Phi) is 2.64. The average Bonchev–Trinajstić information content (AvgIpc) is 2.96. The van der Waals surface area contributed by atoms with E-state index in [2.05, 4.69) is 30.6 Å². The Bertz CT molecular complexity index is 745. The van der Waals surface area contributed by atoms with Crippen LogP contribution in [0, 0.1) is 6.92 Å². The van der Waals surface area contributed by atoms with Crippen molar-refractivity contribution in [3.8, 4) is 22.8 Å². The summed E-state index contributed by atoms with van der Waals surface area (Å²) >= 11 is 0. The highest BCUT2D eigenvalue weighted by Gasteiger charge is 2.05. The molecule has 0 spiro atoms. The molecule has 0 aliphatic heterocycles. The molecule has 2 heterocycles. The van der Waals surface area contributed by atoms with Crippen molar-refractivity contribution in [1.29, 1.82) is 0 Å². The molecule has 2 aromatic heterocycles. The second kappa shape index (κ2) is 4.45. The van der Waals surface area contributed by atoms with Gasteiger partial charge in [0.05, 0.1) is 0 Å². The number of rotatable bonds is 2. The van der Waals surface area contributed by atoms with Crippen LogP contribution >= 0.6 is 0 Å². The molecule has 0 unspecified atom stereocenters. The van der Waals surface area contributed by atoms with Crippen LogP contribution in [0.2, 0.25) is 0 Å². The fourth-order valence-corrected chi connectivity index (χ4v) is 1.67. The van der Waals surface area contributed by atoms with E-state index in [1.54, 1.807) is 13.1 Å². The van der Waals surface area contributed by atoms with E-state index in [0.717, 1.165) is 11.1 Å². The number of nitrogens with one attached hydrogen (secondary N) is 2. The Morgan fingerprint density at radius 3 is 2.32 bits per heavy atom. The molecule has 3 aromatic rings. The van der Waals surface area contributed by atoms with Gasteiger partial charge in [0, 0.05) is 22.9 Å². The van der Waals surface area contributed by atoms with Gasteiger partial charge in [0.25, 0.3) is 5.56 Å². The topological polar surface area (TPSA) is 100 Å². The predicted molar refractivity (Wildman–Crippen MR) is 68.2 cm³/mol. The highest BCUT2D eigenvalue weighted by atomic mass is 16.1. The standard InChI is InChI=1S/C12H10N6O/c1-7-6-13-10(14-12(7)19)8-2-4-9(5-3-8)11-15-17-18-16-11/h2-6H,1H3,(H,13,14,19)(H,15,16,17,18). The maximum Gasteiger partial charge on any atom is 0.254 e. The first-order valence-electron chi connectivity index (χ1n) is 5.64. The zero-order chi connectivity index (χ0) is 13.2. The van der Waals surface area contributed by atoms with E-state index in [1.165, 1.54) is 0 Å². The average molecular weight is 254 g/mol. The van der Waals surface area contributed by atoms with Crippen LogP contribution in [-0.4, -0.2) is 30.6 Å². The maximum absolute atomic E-state index is 11.5. The van der Waals surface area contributed by atoms with Crippen LogP contribution in [0.4, 0.5) is 0 Å². The van der Waals surface area contributed by atoms with E-state index in [-0.39, 0.29) is 5.56 Å². The Balaban J connectivity index is 1.98. The molecule has 0 fully saturated rings. The third kappa shape index (κ3) is 2.13. The van der Waals surface area contributed by atoms with Crippen LogP contribution in [-0.2, 0) is 0 Å². The lowest BCUT2D eigenvalue weighted by molar-refractivity contribution is 0.881. The molecule has 0 saturated carbocycles. The number of aromatic amines is 2. The molecular weight excluding hydrogens is 244 g/mol. The summed E-state index contributed by atoms with van der Waals surface area (Å²) in [6, 6.07) is 7.42. The molecule has 0 amide bonds. The summed E-state index contributed by atoms with van der Waals surface area (Å²) in [5, 5.41) is 13.5. The fraction of sp³-hybridized carbons (Fsp3) is 0.0833. The minimum atomic E-state index is -0.131. The van der Waals surface area contributed by atoms with Gasteiger partial charge in [-0.1, -0.05) is 24.3 Å². The molecule has 7 heteroatoms. The number of benzene rings is 1. The number of aromatic nitrogens is 6. The molecule has 19 heavy (non-hydrogen) atoms. The van der Waals surface area contributed by atoms with Gasteiger partial charge in [0.15, 0.2) is 5.82 Å². The van der Waals surface area contributed by atoms with Crippen LogP contribution in [0.3, 0.4) is 0 Å². The smallest absolute Gasteiger partial charge is 0.254 e. The molecule has 0 bridgehead atoms. The lowest BCUT2D eigenvalue weighted by Gasteiger charge is -2.02. The van der Waals surface area contributed by atoms with E-state index >= 15 is 0 Å². The summed E-state index contributed by atoms with van der Waals surface area (Å²) in [5.74, 6) is 1.13. The second-order valence-corrected chi connectivity index (χ2v) is 4.07. The summed E-state index contributed by atoms with van der Waals surface area (Å²) < 4.78 is 0. The first-order valence-corrected chi connectivity index (χ1v) is 5.64. The predicted octanol–water partition coefficient (Wildman–Crippen LogP) is 0.925. The summed E-state index contributed by atoms with van der Waals surface area (Å²) in [6.45, 7) is 1.72. The molecule has 7 nitrogen and oxygen atoms in total. The summed E-state index contributed by atoms with van der Waals surface area (Å²) in [6.07, 6.45) is 1.56. The summed E-state index contributed by atoms with van der Waals surface area (Å²) in [5.41, 5.74) is 2.15. The molecule has 0 aliphatic rings. The van der Waals surface area contributed by atoms with Gasteiger partial charge in [0.1, 0.15) is 5.82 Å². The molecule has 0 saturated heterocycles. The Labute approximate surface area is 107 Å². The second-order valence-electron chi connectivity index (χ2n) is 4.07. The first kappa shape index (κ1) is 11.3. The number of hydrogen-bond donors (Lipinski definition) is 2. The lowest BCUT2D eigenvalue weighted by atomic mass is 10.1. The van der Waals surface area contributed by atoms with Crippen molar-refractivity contribution in [2.24, 2.45) is 0 Å². The van der Waals surface area contributed by atoms with Gasteiger partial charge in [-0.3, -0.25) is 4.79 Å². The molecule has 0 radical (unpaired) electrons. The Morgan fingerprint density at radius 2 is 1.74 bits per heavy atom. The van der Waals surface area contributed by atoms with Crippen molar-refractivity contribution < 1.29 is 0 Å². The number of H-pyrrole nitrogens is 2. The molecule has 0 aliphatic carbocycles. The van der Waals surface area contributed by atoms with Gasteiger partial charge in [-0.15, -0.1) is 5.10 Å². The van der Waals surface area contributed by atoms with Gasteiger partial charge in [-0.25, -0.2) is 10.1 Å². The van der Waals surface area contributed by atoms with Gasteiger partial charge < -0.3 is 4.98 Å². The maximum atomic E-state index is 11.5. The van der Waals surface area contributed by atoms with Gasteiger partial charge in [0.2, 0.25) is 0 Å². The van der Waals surface area contributed by atoms with Crippen molar-refractivity contribution in [1.82, 2.24) is 30.6 Å². The SMILES string of the molecule is Cc1cnc(-c2ccc(-c3nnn[nH]3)cc2)[nH]c1=O. The molecular formula is C12H10N6O. The number of nitrogens with zero attached hydrogens (tertiary/aromatic N) is 4. The number of tetrazole rings is 1. The fourth-order valence-electron chi connectivity index (χ4n) is 1.67. The molecule has 94 valence electrons. The quantitative estimate of drug-likeness (QED) is 0.708. The van der Waals surface area contributed by atoms with E-state index in [1.807, 2.05) is 24.3 Å². The van der Waals surface area contributed by atoms with Crippen molar-refractivity contribution in [3.05, 3.63) is 46.4 Å². The molecule has 2 N–H and O–H groups in total. The lowest BCUT2D eigenvalue weighted by Crippen LogP contribution is -2.11. The molecule has 1 aromatic carbocycles. The van der Waals surface area contributed by atoms with Gasteiger partial charge >= 0.3 is 0 Å². The third-order valence-electron chi connectivity index (χ3n) is 2.75. The highest BCUT2D eigenvalue weighted by molar-refractivity contribution is 5.62. The normalized spacial score (nSPS) is 10.6. The van der Waals surface area contributed by atoms with Crippen LogP contribution in [0.15, 0.2) is 35.3 Å². The van der Waals surface area contributed by atoms with Crippen molar-refractivity contribution in [2.75, 3.05) is 0 Å². The van der Waals surface area contributed by atoms with E-state index in [9.17, 15) is 4.79 Å². The first-order chi connectivity index (χ1) is 9.24. The highest BCUT2D eigenvalue weighted by Crippen LogP contribution is 2.18.